The number of aryl methyl sites for hydroxylation is 4. The van der Waals surface area contributed by atoms with Gasteiger partial charge in [0.25, 0.3) is 0 Å². The highest BCUT2D eigenvalue weighted by molar-refractivity contribution is 5.92. The van der Waals surface area contributed by atoms with Crippen LogP contribution in [-0.2, 0) is 0 Å². The summed E-state index contributed by atoms with van der Waals surface area (Å²) in [6.07, 6.45) is 4.37. The van der Waals surface area contributed by atoms with Crippen molar-refractivity contribution in [3.8, 4) is 11.1 Å². The molecule has 0 saturated carbocycles. The van der Waals surface area contributed by atoms with Gasteiger partial charge < -0.3 is 9.80 Å². The molecule has 54 heavy (non-hydrogen) atoms. The molecule has 0 heterocycles. The first-order valence-corrected chi connectivity index (χ1v) is 18.7. The van der Waals surface area contributed by atoms with Crippen LogP contribution in [0.2, 0.25) is 0 Å². The van der Waals surface area contributed by atoms with E-state index in [4.69, 9.17) is 0 Å². The van der Waals surface area contributed by atoms with Gasteiger partial charge in [-0.05, 0) is 140 Å². The summed E-state index contributed by atoms with van der Waals surface area (Å²) in [4.78, 5) is 4.64. The summed E-state index contributed by atoms with van der Waals surface area (Å²) < 4.78 is 0. The van der Waals surface area contributed by atoms with Gasteiger partial charge in [0.2, 0.25) is 0 Å². The summed E-state index contributed by atoms with van der Waals surface area (Å²) in [5.41, 5.74) is 16.6. The van der Waals surface area contributed by atoms with Crippen LogP contribution >= 0.6 is 0 Å². The molecule has 0 atom stereocenters. The molecule has 0 amide bonds. The zero-order valence-corrected chi connectivity index (χ0v) is 31.4. The monoisotopic (exact) mass is 696 g/mol. The third-order valence-corrected chi connectivity index (χ3v) is 10.1. The molecule has 0 saturated heterocycles. The fourth-order valence-corrected chi connectivity index (χ4v) is 6.94. The Kier molecular flexibility index (Phi) is 9.66. The van der Waals surface area contributed by atoms with E-state index >= 15 is 0 Å². The van der Waals surface area contributed by atoms with Gasteiger partial charge in [0.15, 0.2) is 0 Å². The summed E-state index contributed by atoms with van der Waals surface area (Å²) in [5.74, 6) is 0. The first-order valence-electron chi connectivity index (χ1n) is 18.7. The second-order valence-electron chi connectivity index (χ2n) is 14.3. The van der Waals surface area contributed by atoms with E-state index in [1.54, 1.807) is 0 Å². The van der Waals surface area contributed by atoms with Gasteiger partial charge in [0.1, 0.15) is 0 Å². The zero-order valence-electron chi connectivity index (χ0n) is 31.4. The third-order valence-electron chi connectivity index (χ3n) is 10.1. The van der Waals surface area contributed by atoms with Crippen LogP contribution in [0.25, 0.3) is 34.1 Å². The molecule has 0 unspecified atom stereocenters. The van der Waals surface area contributed by atoms with Crippen LogP contribution in [-0.4, -0.2) is 0 Å². The lowest BCUT2D eigenvalue weighted by molar-refractivity contribution is 1.27. The molecule has 8 aromatic carbocycles. The minimum atomic E-state index is 1.13. The topological polar surface area (TPSA) is 6.48 Å². The minimum absolute atomic E-state index is 1.13. The summed E-state index contributed by atoms with van der Waals surface area (Å²) in [6.45, 7) is 8.51. The third kappa shape index (κ3) is 7.60. The second kappa shape index (κ2) is 15.1. The van der Waals surface area contributed by atoms with Crippen molar-refractivity contribution in [3.63, 3.8) is 0 Å². The molecule has 0 radical (unpaired) electrons. The maximum absolute atomic E-state index is 2.33. The maximum Gasteiger partial charge on any atom is 0.0468 e. The number of rotatable bonds is 9. The van der Waals surface area contributed by atoms with Crippen LogP contribution in [0.15, 0.2) is 182 Å². The van der Waals surface area contributed by atoms with E-state index in [0.29, 0.717) is 0 Å². The molecular weight excluding hydrogens is 653 g/mol. The molecule has 2 heteroatoms. The highest BCUT2D eigenvalue weighted by Gasteiger charge is 2.14. The van der Waals surface area contributed by atoms with Gasteiger partial charge in [-0.1, -0.05) is 138 Å². The largest absolute Gasteiger partial charge is 0.311 e. The maximum atomic E-state index is 2.33. The van der Waals surface area contributed by atoms with Crippen molar-refractivity contribution in [1.82, 2.24) is 0 Å². The van der Waals surface area contributed by atoms with Crippen LogP contribution in [0.4, 0.5) is 34.1 Å². The van der Waals surface area contributed by atoms with Gasteiger partial charge in [0, 0.05) is 34.1 Å². The molecule has 262 valence electrons. The molecule has 0 aliphatic heterocycles. The second-order valence-corrected chi connectivity index (χ2v) is 14.3. The summed E-state index contributed by atoms with van der Waals surface area (Å²) in [5, 5.41) is 2.44. The molecule has 8 aromatic rings. The van der Waals surface area contributed by atoms with Crippen molar-refractivity contribution >= 4 is 57.0 Å². The van der Waals surface area contributed by atoms with Crippen LogP contribution in [0, 0.1) is 27.7 Å². The molecule has 2 nitrogen and oxygen atoms in total. The Morgan fingerprint density at radius 1 is 0.278 bits per heavy atom. The summed E-state index contributed by atoms with van der Waals surface area (Å²) in [6, 6.07) is 66.1. The van der Waals surface area contributed by atoms with Crippen molar-refractivity contribution in [2.75, 3.05) is 9.80 Å². The smallest absolute Gasteiger partial charge is 0.0468 e. The van der Waals surface area contributed by atoms with E-state index in [-0.39, 0.29) is 0 Å². The lowest BCUT2D eigenvalue weighted by atomic mass is 9.99. The predicted molar refractivity (Wildman–Crippen MR) is 233 cm³/mol. The number of nitrogens with zero attached hydrogens (tertiary/aromatic N) is 2. The van der Waals surface area contributed by atoms with Crippen LogP contribution in [0.5, 0.6) is 0 Å². The van der Waals surface area contributed by atoms with E-state index in [1.165, 1.54) is 49.7 Å². The van der Waals surface area contributed by atoms with E-state index in [9.17, 15) is 0 Å². The molecule has 0 aliphatic rings. The van der Waals surface area contributed by atoms with Gasteiger partial charge in [-0.2, -0.15) is 0 Å². The Hall–Kier alpha value is -6.64. The zero-order chi connectivity index (χ0) is 37.0. The molecule has 0 bridgehead atoms. The van der Waals surface area contributed by atoms with Crippen molar-refractivity contribution in [3.05, 3.63) is 215 Å². The number of hydrogen-bond acceptors (Lipinski definition) is 2. The Labute approximate surface area is 319 Å². The van der Waals surface area contributed by atoms with E-state index in [0.717, 1.165) is 39.7 Å². The lowest BCUT2D eigenvalue weighted by Crippen LogP contribution is -2.09. The van der Waals surface area contributed by atoms with Gasteiger partial charge in [0.05, 0.1) is 0 Å². The standard InChI is InChI=1S/C52H44N2/c1-37-5-24-47(25-6-37)53(48-26-7-38(2)8-27-48)51-32-17-42(18-33-51)14-13-41-15-19-43(20-16-41)44-21-22-46-36-52(34-23-45(46)35-44)54(49-28-9-39(3)10-29-49)50-30-11-40(4)12-31-50/h5-36H,1-4H3. The van der Waals surface area contributed by atoms with E-state index < -0.39 is 0 Å². The first-order chi connectivity index (χ1) is 26.4. The molecular formula is C52H44N2. The molecule has 8 rings (SSSR count). The average molecular weight is 697 g/mol. The summed E-state index contributed by atoms with van der Waals surface area (Å²) >= 11 is 0. The Balaban J connectivity index is 0.996. The molecule has 0 spiro atoms. The van der Waals surface area contributed by atoms with Crippen molar-refractivity contribution in [2.45, 2.75) is 27.7 Å². The van der Waals surface area contributed by atoms with Crippen LogP contribution in [0.3, 0.4) is 0 Å². The van der Waals surface area contributed by atoms with Crippen LogP contribution in [0.1, 0.15) is 33.4 Å². The SMILES string of the molecule is Cc1ccc(N(c2ccc(C)cc2)c2ccc(C=Cc3ccc(-c4ccc5cc(N(c6ccc(C)cc6)c6ccc(C)cc6)ccc5c4)cc3)cc2)cc1. The Morgan fingerprint density at radius 3 is 1.00 bits per heavy atom. The van der Waals surface area contributed by atoms with Crippen molar-refractivity contribution in [1.29, 1.82) is 0 Å². The number of anilines is 6. The van der Waals surface area contributed by atoms with Crippen molar-refractivity contribution < 1.29 is 0 Å². The first kappa shape index (κ1) is 34.4. The number of benzene rings is 8. The summed E-state index contributed by atoms with van der Waals surface area (Å²) in [7, 11) is 0. The number of fused-ring (bicyclic) bond motifs is 1. The van der Waals surface area contributed by atoms with Gasteiger partial charge in [-0.3, -0.25) is 0 Å². The van der Waals surface area contributed by atoms with Gasteiger partial charge in [-0.25, -0.2) is 0 Å². The fraction of sp³-hybridized carbons (Fsp3) is 0.0769. The Bertz CT molecular complexity index is 2440. The highest BCUT2D eigenvalue weighted by atomic mass is 15.1. The van der Waals surface area contributed by atoms with E-state index in [2.05, 4.69) is 232 Å². The number of hydrogen-bond donors (Lipinski definition) is 0. The van der Waals surface area contributed by atoms with Gasteiger partial charge >= 0.3 is 0 Å². The van der Waals surface area contributed by atoms with Gasteiger partial charge in [-0.15, -0.1) is 0 Å². The molecule has 0 fully saturated rings. The Morgan fingerprint density at radius 2 is 0.574 bits per heavy atom. The average Bonchev–Trinajstić information content (AvgIpc) is 3.20. The van der Waals surface area contributed by atoms with E-state index in [1.807, 2.05) is 0 Å². The normalized spacial score (nSPS) is 11.3. The van der Waals surface area contributed by atoms with Crippen LogP contribution < -0.4 is 9.80 Å². The predicted octanol–water partition coefficient (Wildman–Crippen LogP) is 14.9. The highest BCUT2D eigenvalue weighted by Crippen LogP contribution is 2.38. The fourth-order valence-electron chi connectivity index (χ4n) is 6.94. The molecule has 0 aliphatic carbocycles. The van der Waals surface area contributed by atoms with Crippen molar-refractivity contribution in [2.24, 2.45) is 0 Å². The lowest BCUT2D eigenvalue weighted by Gasteiger charge is -2.26. The molecule has 0 N–H and O–H groups in total. The quantitative estimate of drug-likeness (QED) is 0.139. The minimum Gasteiger partial charge on any atom is -0.311 e. The molecule has 0 aromatic heterocycles.